The van der Waals surface area contributed by atoms with Gasteiger partial charge < -0.3 is 14.7 Å². The molecule has 110 valence electrons. The monoisotopic (exact) mass is 279 g/mol. The lowest BCUT2D eigenvalue weighted by Crippen LogP contribution is -2.34. The van der Waals surface area contributed by atoms with Crippen LogP contribution in [0.3, 0.4) is 0 Å². The third-order valence-electron chi connectivity index (χ3n) is 2.97. The Morgan fingerprint density at radius 1 is 1.40 bits per heavy atom. The molecule has 0 spiro atoms. The van der Waals surface area contributed by atoms with E-state index in [-0.39, 0.29) is 25.5 Å². The molecule has 0 saturated carbocycles. The first-order valence-corrected chi connectivity index (χ1v) is 6.56. The van der Waals surface area contributed by atoms with Crippen LogP contribution in [-0.4, -0.2) is 42.1 Å². The van der Waals surface area contributed by atoms with Gasteiger partial charge in [-0.2, -0.15) is 0 Å². The SMILES string of the molecule is Cc1cccc(OCCC(=O)N(C)CC(C)C(=O)O)c1. The van der Waals surface area contributed by atoms with Gasteiger partial charge in [0.1, 0.15) is 5.75 Å². The lowest BCUT2D eigenvalue weighted by atomic mass is 10.2. The van der Waals surface area contributed by atoms with E-state index in [0.29, 0.717) is 0 Å². The van der Waals surface area contributed by atoms with Gasteiger partial charge >= 0.3 is 5.97 Å². The van der Waals surface area contributed by atoms with E-state index in [9.17, 15) is 9.59 Å². The van der Waals surface area contributed by atoms with Crippen molar-refractivity contribution in [2.75, 3.05) is 20.2 Å². The van der Waals surface area contributed by atoms with Gasteiger partial charge in [-0.3, -0.25) is 9.59 Å². The zero-order valence-electron chi connectivity index (χ0n) is 12.1. The number of nitrogens with zero attached hydrogens (tertiary/aromatic N) is 1. The molecule has 1 amide bonds. The molecule has 0 fully saturated rings. The molecule has 0 bridgehead atoms. The number of amides is 1. The topological polar surface area (TPSA) is 66.8 Å². The lowest BCUT2D eigenvalue weighted by molar-refractivity contribution is -0.142. The van der Waals surface area contributed by atoms with E-state index in [0.717, 1.165) is 11.3 Å². The van der Waals surface area contributed by atoms with Crippen molar-refractivity contribution in [2.45, 2.75) is 20.3 Å². The Morgan fingerprint density at radius 3 is 2.70 bits per heavy atom. The summed E-state index contributed by atoms with van der Waals surface area (Å²) in [6, 6.07) is 7.61. The number of carboxylic acids is 1. The number of aliphatic carboxylic acids is 1. The summed E-state index contributed by atoms with van der Waals surface area (Å²) >= 11 is 0. The smallest absolute Gasteiger partial charge is 0.308 e. The molecule has 20 heavy (non-hydrogen) atoms. The summed E-state index contributed by atoms with van der Waals surface area (Å²) in [4.78, 5) is 24.0. The molecular weight excluding hydrogens is 258 g/mol. The van der Waals surface area contributed by atoms with Gasteiger partial charge in [0.15, 0.2) is 0 Å². The highest BCUT2D eigenvalue weighted by atomic mass is 16.5. The zero-order chi connectivity index (χ0) is 15.1. The third-order valence-corrected chi connectivity index (χ3v) is 2.97. The second-order valence-electron chi connectivity index (χ2n) is 4.93. The quantitative estimate of drug-likeness (QED) is 0.828. The first-order valence-electron chi connectivity index (χ1n) is 6.56. The minimum absolute atomic E-state index is 0.120. The number of hydrogen-bond donors (Lipinski definition) is 1. The van der Waals surface area contributed by atoms with Crippen molar-refractivity contribution in [1.82, 2.24) is 4.90 Å². The molecule has 5 heteroatoms. The van der Waals surface area contributed by atoms with Crippen LogP contribution in [0, 0.1) is 12.8 Å². The fourth-order valence-corrected chi connectivity index (χ4v) is 1.74. The molecule has 1 atom stereocenters. The number of carboxylic acid groups (broad SMARTS) is 1. The van der Waals surface area contributed by atoms with Gasteiger partial charge in [-0.1, -0.05) is 19.1 Å². The van der Waals surface area contributed by atoms with Crippen LogP contribution in [0.4, 0.5) is 0 Å². The molecule has 1 N–H and O–H groups in total. The van der Waals surface area contributed by atoms with Crippen LogP contribution in [-0.2, 0) is 9.59 Å². The fraction of sp³-hybridized carbons (Fsp3) is 0.467. The van der Waals surface area contributed by atoms with E-state index in [2.05, 4.69) is 0 Å². The van der Waals surface area contributed by atoms with Gasteiger partial charge in [0.05, 0.1) is 18.9 Å². The number of carbonyl (C=O) groups is 2. The minimum Gasteiger partial charge on any atom is -0.493 e. The van der Waals surface area contributed by atoms with E-state index in [1.807, 2.05) is 31.2 Å². The second kappa shape index (κ2) is 7.53. The Labute approximate surface area is 119 Å². The van der Waals surface area contributed by atoms with E-state index in [1.54, 1.807) is 14.0 Å². The molecule has 0 aromatic heterocycles. The van der Waals surface area contributed by atoms with Gasteiger partial charge in [0, 0.05) is 13.6 Å². The molecule has 1 unspecified atom stereocenters. The molecule has 0 aliphatic heterocycles. The molecule has 0 radical (unpaired) electrons. The number of carbonyl (C=O) groups excluding carboxylic acids is 1. The molecule has 1 aromatic rings. The summed E-state index contributed by atoms with van der Waals surface area (Å²) in [5.74, 6) is -0.854. The molecule has 0 heterocycles. The Hall–Kier alpha value is -2.04. The lowest BCUT2D eigenvalue weighted by Gasteiger charge is -2.19. The van der Waals surface area contributed by atoms with Gasteiger partial charge in [-0.05, 0) is 24.6 Å². The fourth-order valence-electron chi connectivity index (χ4n) is 1.74. The second-order valence-corrected chi connectivity index (χ2v) is 4.93. The maximum Gasteiger partial charge on any atom is 0.308 e. The highest BCUT2D eigenvalue weighted by molar-refractivity contribution is 5.77. The van der Waals surface area contributed by atoms with Gasteiger partial charge in [-0.15, -0.1) is 0 Å². The minimum atomic E-state index is -0.902. The van der Waals surface area contributed by atoms with Gasteiger partial charge in [0.2, 0.25) is 5.91 Å². The molecule has 1 rings (SSSR count). The van der Waals surface area contributed by atoms with Crippen LogP contribution in [0.2, 0.25) is 0 Å². The Balaban J connectivity index is 2.34. The molecule has 0 aliphatic carbocycles. The summed E-state index contributed by atoms with van der Waals surface area (Å²) in [5.41, 5.74) is 1.10. The van der Waals surface area contributed by atoms with Crippen molar-refractivity contribution < 1.29 is 19.4 Å². The van der Waals surface area contributed by atoms with Crippen molar-refractivity contribution in [3.8, 4) is 5.75 Å². The number of rotatable bonds is 7. The predicted octanol–water partition coefficient (Wildman–Crippen LogP) is 1.94. The van der Waals surface area contributed by atoms with E-state index in [1.165, 1.54) is 4.90 Å². The summed E-state index contributed by atoms with van der Waals surface area (Å²) in [5, 5.41) is 8.80. The van der Waals surface area contributed by atoms with Crippen molar-refractivity contribution in [3.05, 3.63) is 29.8 Å². The number of aryl methyl sites for hydroxylation is 1. The molecular formula is C15H21NO4. The Bertz CT molecular complexity index is 473. The summed E-state index contributed by atoms with van der Waals surface area (Å²) in [7, 11) is 1.61. The predicted molar refractivity (Wildman–Crippen MR) is 75.7 cm³/mol. The van der Waals surface area contributed by atoms with Crippen LogP contribution in [0.15, 0.2) is 24.3 Å². The highest BCUT2D eigenvalue weighted by Crippen LogP contribution is 2.12. The average Bonchev–Trinajstić information content (AvgIpc) is 2.38. The molecule has 5 nitrogen and oxygen atoms in total. The average molecular weight is 279 g/mol. The van der Waals surface area contributed by atoms with Crippen molar-refractivity contribution in [1.29, 1.82) is 0 Å². The summed E-state index contributed by atoms with van der Waals surface area (Å²) in [6.07, 6.45) is 0.233. The van der Waals surface area contributed by atoms with Crippen LogP contribution < -0.4 is 4.74 Å². The number of hydrogen-bond acceptors (Lipinski definition) is 3. The first-order chi connectivity index (χ1) is 9.40. The number of ether oxygens (including phenoxy) is 1. The summed E-state index contributed by atoms with van der Waals surface area (Å²) < 4.78 is 5.50. The van der Waals surface area contributed by atoms with Crippen LogP contribution in [0.25, 0.3) is 0 Å². The van der Waals surface area contributed by atoms with E-state index in [4.69, 9.17) is 9.84 Å². The van der Waals surface area contributed by atoms with Gasteiger partial charge in [-0.25, -0.2) is 0 Å². The van der Waals surface area contributed by atoms with Crippen LogP contribution in [0.1, 0.15) is 18.9 Å². The highest BCUT2D eigenvalue weighted by Gasteiger charge is 2.17. The van der Waals surface area contributed by atoms with Crippen molar-refractivity contribution in [3.63, 3.8) is 0 Å². The van der Waals surface area contributed by atoms with Gasteiger partial charge in [0.25, 0.3) is 0 Å². The van der Waals surface area contributed by atoms with Crippen LogP contribution in [0.5, 0.6) is 5.75 Å². The normalized spacial score (nSPS) is 11.8. The zero-order valence-corrected chi connectivity index (χ0v) is 12.1. The largest absolute Gasteiger partial charge is 0.493 e. The van der Waals surface area contributed by atoms with Crippen molar-refractivity contribution >= 4 is 11.9 Å². The molecule has 1 aromatic carbocycles. The van der Waals surface area contributed by atoms with Crippen LogP contribution >= 0.6 is 0 Å². The number of benzene rings is 1. The Kier molecular flexibility index (Phi) is 6.03. The maximum absolute atomic E-state index is 11.8. The standard InChI is InChI=1S/C15H21NO4/c1-11-5-4-6-13(9-11)20-8-7-14(17)16(3)10-12(2)15(18)19/h4-6,9,12H,7-8,10H2,1-3H3,(H,18,19). The maximum atomic E-state index is 11.8. The third kappa shape index (κ3) is 5.30. The summed E-state index contributed by atoms with van der Waals surface area (Å²) in [6.45, 7) is 4.04. The first kappa shape index (κ1) is 16.0. The van der Waals surface area contributed by atoms with E-state index < -0.39 is 11.9 Å². The molecule has 0 aliphatic rings. The van der Waals surface area contributed by atoms with E-state index >= 15 is 0 Å². The molecule has 0 saturated heterocycles. The van der Waals surface area contributed by atoms with Crippen molar-refractivity contribution in [2.24, 2.45) is 5.92 Å². The Morgan fingerprint density at radius 2 is 2.10 bits per heavy atom.